The first-order chi connectivity index (χ1) is 8.20. The first kappa shape index (κ1) is 11.6. The standard InChI is InChI=1S/C12H11Cl3N2/c13-6-12-16-10-4-8(14)9(15)5-11(10)17(12)7-2-1-3-7/h4-5,7H,1-3,6H2. The summed E-state index contributed by atoms with van der Waals surface area (Å²) in [4.78, 5) is 4.52. The largest absolute Gasteiger partial charge is 0.324 e. The van der Waals surface area contributed by atoms with Crippen molar-refractivity contribution in [2.24, 2.45) is 0 Å². The Hall–Kier alpha value is -0.440. The summed E-state index contributed by atoms with van der Waals surface area (Å²) >= 11 is 18.0. The quantitative estimate of drug-likeness (QED) is 0.726. The van der Waals surface area contributed by atoms with Crippen LogP contribution in [0.2, 0.25) is 10.0 Å². The van der Waals surface area contributed by atoms with Gasteiger partial charge in [0.15, 0.2) is 0 Å². The predicted molar refractivity (Wildman–Crippen MR) is 72.2 cm³/mol. The molecule has 0 radical (unpaired) electrons. The second-order valence-corrected chi connectivity index (χ2v) is 5.45. The van der Waals surface area contributed by atoms with Crippen LogP contribution in [0.1, 0.15) is 31.1 Å². The summed E-state index contributed by atoms with van der Waals surface area (Å²) in [5.41, 5.74) is 1.92. The maximum absolute atomic E-state index is 6.07. The summed E-state index contributed by atoms with van der Waals surface area (Å²) in [6, 6.07) is 4.22. The number of rotatable bonds is 2. The molecule has 5 heteroatoms. The molecular formula is C12H11Cl3N2. The van der Waals surface area contributed by atoms with E-state index in [-0.39, 0.29) is 0 Å². The molecule has 0 unspecified atom stereocenters. The Balaban J connectivity index is 2.25. The van der Waals surface area contributed by atoms with Gasteiger partial charge in [0.2, 0.25) is 0 Å². The topological polar surface area (TPSA) is 17.8 Å². The minimum Gasteiger partial charge on any atom is -0.324 e. The molecule has 1 aliphatic rings. The van der Waals surface area contributed by atoms with Crippen molar-refractivity contribution in [3.8, 4) is 0 Å². The number of nitrogens with zero attached hydrogens (tertiary/aromatic N) is 2. The van der Waals surface area contributed by atoms with E-state index in [1.807, 2.05) is 12.1 Å². The van der Waals surface area contributed by atoms with Crippen molar-refractivity contribution in [2.45, 2.75) is 31.2 Å². The van der Waals surface area contributed by atoms with E-state index in [1.165, 1.54) is 19.3 Å². The maximum Gasteiger partial charge on any atom is 0.125 e. The van der Waals surface area contributed by atoms with Gasteiger partial charge in [-0.15, -0.1) is 11.6 Å². The average molecular weight is 290 g/mol. The molecule has 1 saturated carbocycles. The molecule has 0 aliphatic heterocycles. The molecular weight excluding hydrogens is 279 g/mol. The number of imidazole rings is 1. The molecule has 0 spiro atoms. The van der Waals surface area contributed by atoms with Crippen molar-refractivity contribution in [3.63, 3.8) is 0 Å². The number of halogens is 3. The Kier molecular flexibility index (Phi) is 2.97. The Morgan fingerprint density at radius 1 is 1.24 bits per heavy atom. The van der Waals surface area contributed by atoms with E-state index in [2.05, 4.69) is 9.55 Å². The summed E-state index contributed by atoms with van der Waals surface area (Å²) in [5, 5.41) is 1.11. The minimum absolute atomic E-state index is 0.417. The van der Waals surface area contributed by atoms with Crippen molar-refractivity contribution in [3.05, 3.63) is 28.0 Å². The summed E-state index contributed by atoms with van der Waals surface area (Å²) in [5.74, 6) is 1.32. The zero-order valence-electron chi connectivity index (χ0n) is 9.09. The second kappa shape index (κ2) is 4.34. The molecule has 90 valence electrons. The second-order valence-electron chi connectivity index (χ2n) is 4.37. The van der Waals surface area contributed by atoms with Crippen molar-refractivity contribution in [1.29, 1.82) is 0 Å². The van der Waals surface area contributed by atoms with Crippen LogP contribution in [0.25, 0.3) is 11.0 Å². The molecule has 1 fully saturated rings. The maximum atomic E-state index is 6.07. The molecule has 2 nitrogen and oxygen atoms in total. The number of aromatic nitrogens is 2. The van der Waals surface area contributed by atoms with Gasteiger partial charge in [-0.2, -0.15) is 0 Å². The van der Waals surface area contributed by atoms with Crippen LogP contribution in [-0.4, -0.2) is 9.55 Å². The van der Waals surface area contributed by atoms with Crippen molar-refractivity contribution in [1.82, 2.24) is 9.55 Å². The van der Waals surface area contributed by atoms with E-state index in [9.17, 15) is 0 Å². The van der Waals surface area contributed by atoms with Gasteiger partial charge in [-0.05, 0) is 31.4 Å². The highest BCUT2D eigenvalue weighted by Gasteiger charge is 2.24. The molecule has 0 amide bonds. The molecule has 1 heterocycles. The number of fused-ring (bicyclic) bond motifs is 1. The normalized spacial score (nSPS) is 16.4. The number of hydrogen-bond acceptors (Lipinski definition) is 1. The zero-order chi connectivity index (χ0) is 12.0. The number of alkyl halides is 1. The highest BCUT2D eigenvalue weighted by molar-refractivity contribution is 6.42. The van der Waals surface area contributed by atoms with Gasteiger partial charge in [0.25, 0.3) is 0 Å². The van der Waals surface area contributed by atoms with Gasteiger partial charge in [0, 0.05) is 6.04 Å². The van der Waals surface area contributed by atoms with Gasteiger partial charge in [0.1, 0.15) is 5.82 Å². The van der Waals surface area contributed by atoms with Crippen LogP contribution in [0.5, 0.6) is 0 Å². The monoisotopic (exact) mass is 288 g/mol. The number of benzene rings is 1. The summed E-state index contributed by atoms with van der Waals surface area (Å²) in [6.07, 6.45) is 3.65. The average Bonchev–Trinajstić information content (AvgIpc) is 2.56. The fraction of sp³-hybridized carbons (Fsp3) is 0.417. The third-order valence-electron chi connectivity index (χ3n) is 3.36. The van der Waals surface area contributed by atoms with E-state index in [4.69, 9.17) is 34.8 Å². The van der Waals surface area contributed by atoms with Crippen molar-refractivity contribution in [2.75, 3.05) is 0 Å². The van der Waals surface area contributed by atoms with Crippen LogP contribution in [0.15, 0.2) is 12.1 Å². The lowest BCUT2D eigenvalue weighted by atomic mass is 9.92. The van der Waals surface area contributed by atoms with Gasteiger partial charge in [-0.25, -0.2) is 4.98 Å². The van der Waals surface area contributed by atoms with Gasteiger partial charge in [-0.3, -0.25) is 0 Å². The smallest absolute Gasteiger partial charge is 0.125 e. The van der Waals surface area contributed by atoms with Crippen molar-refractivity contribution >= 4 is 45.8 Å². The minimum atomic E-state index is 0.417. The third-order valence-corrected chi connectivity index (χ3v) is 4.33. The van der Waals surface area contributed by atoms with E-state index in [0.717, 1.165) is 16.9 Å². The molecule has 0 atom stereocenters. The predicted octanol–water partition coefficient (Wildman–Crippen LogP) is 4.81. The van der Waals surface area contributed by atoms with Crippen molar-refractivity contribution < 1.29 is 0 Å². The van der Waals surface area contributed by atoms with Gasteiger partial charge in [0.05, 0.1) is 27.0 Å². The first-order valence-corrected chi connectivity index (χ1v) is 6.91. The SMILES string of the molecule is ClCc1nc2cc(Cl)c(Cl)cc2n1C1CCC1. The fourth-order valence-corrected chi connectivity index (χ4v) is 2.79. The Labute approximate surface area is 114 Å². The zero-order valence-corrected chi connectivity index (χ0v) is 11.4. The lowest BCUT2D eigenvalue weighted by molar-refractivity contribution is 0.315. The molecule has 0 bridgehead atoms. The lowest BCUT2D eigenvalue weighted by Crippen LogP contribution is -2.18. The molecule has 1 aromatic heterocycles. The Morgan fingerprint density at radius 2 is 1.94 bits per heavy atom. The van der Waals surface area contributed by atoms with Crippen LogP contribution < -0.4 is 0 Å². The highest BCUT2D eigenvalue weighted by atomic mass is 35.5. The Morgan fingerprint density at radius 3 is 2.53 bits per heavy atom. The van der Waals surface area contributed by atoms with Gasteiger partial charge >= 0.3 is 0 Å². The lowest BCUT2D eigenvalue weighted by Gasteiger charge is -2.29. The van der Waals surface area contributed by atoms with E-state index in [1.54, 1.807) is 0 Å². The van der Waals surface area contributed by atoms with Crippen LogP contribution in [-0.2, 0) is 5.88 Å². The molecule has 17 heavy (non-hydrogen) atoms. The van der Waals surface area contributed by atoms with Gasteiger partial charge in [-0.1, -0.05) is 23.2 Å². The molecule has 0 N–H and O–H groups in total. The van der Waals surface area contributed by atoms with E-state index < -0.39 is 0 Å². The van der Waals surface area contributed by atoms with Crippen LogP contribution in [0.4, 0.5) is 0 Å². The molecule has 3 rings (SSSR count). The first-order valence-electron chi connectivity index (χ1n) is 5.62. The Bertz CT molecular complexity index is 573. The molecule has 0 saturated heterocycles. The summed E-state index contributed by atoms with van der Waals surface area (Å²) < 4.78 is 2.22. The summed E-state index contributed by atoms with van der Waals surface area (Å²) in [7, 11) is 0. The van der Waals surface area contributed by atoms with Crippen LogP contribution in [0.3, 0.4) is 0 Å². The molecule has 2 aromatic rings. The van der Waals surface area contributed by atoms with E-state index >= 15 is 0 Å². The molecule has 1 aliphatic carbocycles. The van der Waals surface area contributed by atoms with Gasteiger partial charge < -0.3 is 4.57 Å². The summed E-state index contributed by atoms with van der Waals surface area (Å²) in [6.45, 7) is 0. The number of hydrogen-bond donors (Lipinski definition) is 0. The fourth-order valence-electron chi connectivity index (χ4n) is 2.29. The van der Waals surface area contributed by atoms with E-state index in [0.29, 0.717) is 22.0 Å². The van der Waals surface area contributed by atoms with Crippen LogP contribution >= 0.6 is 34.8 Å². The van der Waals surface area contributed by atoms with Crippen LogP contribution in [0, 0.1) is 0 Å². The third kappa shape index (κ3) is 1.83. The highest BCUT2D eigenvalue weighted by Crippen LogP contribution is 2.37. The molecule has 1 aromatic carbocycles.